The van der Waals surface area contributed by atoms with E-state index in [-0.39, 0.29) is 5.41 Å². The van der Waals surface area contributed by atoms with Crippen LogP contribution in [-0.2, 0) is 12.0 Å². The van der Waals surface area contributed by atoms with Crippen molar-refractivity contribution in [3.63, 3.8) is 0 Å². The van der Waals surface area contributed by atoms with Crippen molar-refractivity contribution in [3.05, 3.63) is 65.4 Å². The average molecular weight is 406 g/mol. The number of rotatable bonds is 3. The number of hydrogen-bond donors (Lipinski definition) is 2. The number of anilines is 1. The minimum absolute atomic E-state index is 0.147. The fourth-order valence-corrected chi connectivity index (χ4v) is 4.49. The molecule has 0 unspecified atom stereocenters. The van der Waals surface area contributed by atoms with Crippen LogP contribution in [0.15, 0.2) is 48.7 Å². The van der Waals surface area contributed by atoms with Gasteiger partial charge < -0.3 is 20.3 Å². The topological polar surface area (TPSA) is 71.5 Å². The molecular weight excluding hydrogens is 374 g/mol. The first-order chi connectivity index (χ1) is 14.2. The van der Waals surface area contributed by atoms with Crippen molar-refractivity contribution in [3.8, 4) is 0 Å². The molecule has 2 heterocycles. The summed E-state index contributed by atoms with van der Waals surface area (Å²) in [6, 6.07) is 15.0. The van der Waals surface area contributed by atoms with E-state index in [0.717, 1.165) is 25.1 Å². The van der Waals surface area contributed by atoms with E-state index in [2.05, 4.69) is 67.9 Å². The minimum atomic E-state index is -0.821. The quantitative estimate of drug-likeness (QED) is 0.571. The molecule has 158 valence electrons. The van der Waals surface area contributed by atoms with Crippen LogP contribution in [0.2, 0.25) is 0 Å². The second-order valence-electron chi connectivity index (χ2n) is 9.48. The lowest BCUT2D eigenvalue weighted by Gasteiger charge is -2.29. The zero-order valence-corrected chi connectivity index (χ0v) is 18.1. The molecule has 0 spiro atoms. The van der Waals surface area contributed by atoms with Crippen molar-refractivity contribution >= 4 is 22.7 Å². The van der Waals surface area contributed by atoms with Crippen molar-refractivity contribution in [2.45, 2.75) is 51.5 Å². The summed E-state index contributed by atoms with van der Waals surface area (Å²) < 4.78 is 2.31. The Morgan fingerprint density at radius 1 is 1.10 bits per heavy atom. The number of piperidine rings is 1. The summed E-state index contributed by atoms with van der Waals surface area (Å²) in [7, 11) is 0. The molecule has 5 heteroatoms. The summed E-state index contributed by atoms with van der Waals surface area (Å²) in [5.41, 5.74) is 12.1. The molecule has 1 aliphatic heterocycles. The predicted molar refractivity (Wildman–Crippen MR) is 122 cm³/mol. The van der Waals surface area contributed by atoms with Gasteiger partial charge in [-0.3, -0.25) is 0 Å². The number of nitrogens with two attached hydrogens (primary N) is 1. The molecule has 3 N–H and O–H groups in total. The van der Waals surface area contributed by atoms with Gasteiger partial charge in [0.05, 0.1) is 0 Å². The van der Waals surface area contributed by atoms with Gasteiger partial charge in [-0.2, -0.15) is 0 Å². The van der Waals surface area contributed by atoms with E-state index in [1.807, 2.05) is 6.07 Å². The Hall–Kier alpha value is -2.95. The van der Waals surface area contributed by atoms with Gasteiger partial charge in [0.2, 0.25) is 0 Å². The number of benzene rings is 2. The van der Waals surface area contributed by atoms with E-state index in [1.165, 1.54) is 32.5 Å². The molecule has 0 aliphatic carbocycles. The molecule has 0 bridgehead atoms. The largest absolute Gasteiger partial charge is 0.465 e. The standard InChI is InChI=1S/C25H31N3O2/c1-25(2,3)19-6-4-17(5-7-19)15-28-16-22(21-14-20(26)8-9-23(21)28)18-10-12-27(13-11-18)24(29)30/h4-9,14,16,18H,10-13,15,26H2,1-3H3,(H,29,30). The van der Waals surface area contributed by atoms with Crippen LogP contribution < -0.4 is 5.73 Å². The minimum Gasteiger partial charge on any atom is -0.465 e. The van der Waals surface area contributed by atoms with E-state index in [0.29, 0.717) is 19.0 Å². The van der Waals surface area contributed by atoms with Gasteiger partial charge >= 0.3 is 6.09 Å². The van der Waals surface area contributed by atoms with Gasteiger partial charge in [-0.25, -0.2) is 4.79 Å². The Morgan fingerprint density at radius 3 is 2.37 bits per heavy atom. The molecular formula is C25H31N3O2. The third-order valence-corrected chi connectivity index (χ3v) is 6.31. The molecule has 0 radical (unpaired) electrons. The fourth-order valence-electron chi connectivity index (χ4n) is 4.49. The summed E-state index contributed by atoms with van der Waals surface area (Å²) in [6.07, 6.45) is 3.13. The van der Waals surface area contributed by atoms with Gasteiger partial charge in [0.1, 0.15) is 0 Å². The van der Waals surface area contributed by atoms with Gasteiger partial charge in [0, 0.05) is 42.4 Å². The van der Waals surface area contributed by atoms with E-state index in [1.54, 1.807) is 0 Å². The first-order valence-electron chi connectivity index (χ1n) is 10.7. The maximum atomic E-state index is 11.3. The van der Waals surface area contributed by atoms with Crippen LogP contribution in [0.25, 0.3) is 10.9 Å². The number of carbonyl (C=O) groups is 1. The Morgan fingerprint density at radius 2 is 1.77 bits per heavy atom. The number of nitrogen functional groups attached to an aromatic ring is 1. The molecule has 4 rings (SSSR count). The third-order valence-electron chi connectivity index (χ3n) is 6.31. The lowest BCUT2D eigenvalue weighted by atomic mass is 9.87. The van der Waals surface area contributed by atoms with E-state index in [4.69, 9.17) is 5.73 Å². The van der Waals surface area contributed by atoms with E-state index in [9.17, 15) is 9.90 Å². The number of hydrogen-bond acceptors (Lipinski definition) is 2. The van der Waals surface area contributed by atoms with Gasteiger partial charge in [-0.1, -0.05) is 45.0 Å². The fraction of sp³-hybridized carbons (Fsp3) is 0.400. The van der Waals surface area contributed by atoms with Crippen molar-refractivity contribution in [2.75, 3.05) is 18.8 Å². The molecule has 2 aromatic carbocycles. The number of aromatic nitrogens is 1. The molecule has 0 atom stereocenters. The molecule has 1 aromatic heterocycles. The number of fused-ring (bicyclic) bond motifs is 1. The third kappa shape index (κ3) is 4.02. The van der Waals surface area contributed by atoms with Gasteiger partial charge in [-0.15, -0.1) is 0 Å². The molecule has 0 saturated carbocycles. The molecule has 1 amide bonds. The summed E-state index contributed by atoms with van der Waals surface area (Å²) in [5.74, 6) is 0.356. The van der Waals surface area contributed by atoms with Crippen LogP contribution >= 0.6 is 0 Å². The zero-order valence-electron chi connectivity index (χ0n) is 18.1. The van der Waals surface area contributed by atoms with Crippen molar-refractivity contribution in [1.82, 2.24) is 9.47 Å². The molecule has 1 fully saturated rings. The van der Waals surface area contributed by atoms with Crippen LogP contribution in [-0.4, -0.2) is 33.8 Å². The molecule has 1 saturated heterocycles. The smallest absolute Gasteiger partial charge is 0.407 e. The van der Waals surface area contributed by atoms with E-state index >= 15 is 0 Å². The number of nitrogens with zero attached hydrogens (tertiary/aromatic N) is 2. The molecule has 30 heavy (non-hydrogen) atoms. The van der Waals surface area contributed by atoms with Gasteiger partial charge in [0.25, 0.3) is 0 Å². The number of amides is 1. The van der Waals surface area contributed by atoms with Crippen LogP contribution in [0.5, 0.6) is 0 Å². The summed E-state index contributed by atoms with van der Waals surface area (Å²) >= 11 is 0. The first kappa shape index (κ1) is 20.3. The Balaban J connectivity index is 1.64. The first-order valence-corrected chi connectivity index (χ1v) is 10.7. The number of likely N-dealkylation sites (tertiary alicyclic amines) is 1. The highest BCUT2D eigenvalue weighted by Gasteiger charge is 2.26. The maximum absolute atomic E-state index is 11.3. The van der Waals surface area contributed by atoms with E-state index < -0.39 is 6.09 Å². The predicted octanol–water partition coefficient (Wildman–Crippen LogP) is 5.43. The molecule has 3 aromatic rings. The van der Waals surface area contributed by atoms with Crippen LogP contribution in [0.3, 0.4) is 0 Å². The normalized spacial score (nSPS) is 15.6. The number of carboxylic acid groups (broad SMARTS) is 1. The highest BCUT2D eigenvalue weighted by molar-refractivity contribution is 5.87. The summed E-state index contributed by atoms with van der Waals surface area (Å²) in [5, 5.41) is 10.4. The van der Waals surface area contributed by atoms with Crippen molar-refractivity contribution < 1.29 is 9.90 Å². The molecule has 5 nitrogen and oxygen atoms in total. The Kier molecular flexibility index (Phi) is 5.22. The summed E-state index contributed by atoms with van der Waals surface area (Å²) in [4.78, 5) is 12.8. The van der Waals surface area contributed by atoms with Crippen molar-refractivity contribution in [2.24, 2.45) is 0 Å². The van der Waals surface area contributed by atoms with Crippen LogP contribution in [0.1, 0.15) is 56.2 Å². The highest BCUT2D eigenvalue weighted by atomic mass is 16.4. The van der Waals surface area contributed by atoms with Crippen LogP contribution in [0, 0.1) is 0 Å². The van der Waals surface area contributed by atoms with Crippen molar-refractivity contribution in [1.29, 1.82) is 0 Å². The molecule has 1 aliphatic rings. The monoisotopic (exact) mass is 405 g/mol. The second kappa shape index (κ2) is 7.71. The second-order valence-corrected chi connectivity index (χ2v) is 9.48. The lowest BCUT2D eigenvalue weighted by molar-refractivity contribution is 0.132. The van der Waals surface area contributed by atoms with Crippen LogP contribution in [0.4, 0.5) is 10.5 Å². The highest BCUT2D eigenvalue weighted by Crippen LogP contribution is 2.36. The Labute approximate surface area is 178 Å². The Bertz CT molecular complexity index is 1050. The maximum Gasteiger partial charge on any atom is 0.407 e. The summed E-state index contributed by atoms with van der Waals surface area (Å²) in [6.45, 7) is 8.67. The average Bonchev–Trinajstić information content (AvgIpc) is 3.05. The lowest BCUT2D eigenvalue weighted by Crippen LogP contribution is -2.36. The zero-order chi connectivity index (χ0) is 21.5. The van der Waals surface area contributed by atoms with Gasteiger partial charge in [0.15, 0.2) is 0 Å². The van der Waals surface area contributed by atoms with Gasteiger partial charge in [-0.05, 0) is 59.1 Å². The SMILES string of the molecule is CC(C)(C)c1ccc(Cn2cc(C3CCN(C(=O)O)CC3)c3cc(N)ccc32)cc1.